The lowest BCUT2D eigenvalue weighted by Gasteiger charge is -2.35. The Kier molecular flexibility index (Phi) is 5.22. The molecular formula is C17H25FN2O. The molecule has 1 aliphatic carbocycles. The van der Waals surface area contributed by atoms with Gasteiger partial charge in [-0.1, -0.05) is 25.0 Å². The van der Waals surface area contributed by atoms with E-state index in [0.29, 0.717) is 6.04 Å². The third-order valence-electron chi connectivity index (χ3n) is 4.67. The second-order valence-corrected chi connectivity index (χ2v) is 6.11. The van der Waals surface area contributed by atoms with Crippen LogP contribution in [0.4, 0.5) is 4.39 Å². The van der Waals surface area contributed by atoms with Crippen LogP contribution in [0, 0.1) is 5.82 Å². The summed E-state index contributed by atoms with van der Waals surface area (Å²) >= 11 is 0. The fraction of sp³-hybridized carbons (Fsp3) is 0.647. The third kappa shape index (κ3) is 4.02. The van der Waals surface area contributed by atoms with Crippen LogP contribution in [0.1, 0.15) is 37.3 Å². The molecule has 21 heavy (non-hydrogen) atoms. The van der Waals surface area contributed by atoms with Crippen LogP contribution in [0.2, 0.25) is 0 Å². The minimum absolute atomic E-state index is 0.147. The largest absolute Gasteiger partial charge is 0.379 e. The van der Waals surface area contributed by atoms with Gasteiger partial charge in [-0.2, -0.15) is 0 Å². The predicted molar refractivity (Wildman–Crippen MR) is 81.8 cm³/mol. The van der Waals surface area contributed by atoms with Gasteiger partial charge in [0.05, 0.1) is 13.2 Å². The number of nitrogens with zero attached hydrogens (tertiary/aromatic N) is 1. The zero-order valence-corrected chi connectivity index (χ0v) is 12.6. The highest BCUT2D eigenvalue weighted by molar-refractivity contribution is 5.21. The molecule has 1 N–H and O–H groups in total. The number of halogens is 1. The quantitative estimate of drug-likeness (QED) is 0.903. The van der Waals surface area contributed by atoms with Gasteiger partial charge >= 0.3 is 0 Å². The van der Waals surface area contributed by atoms with E-state index in [1.54, 1.807) is 6.07 Å². The highest BCUT2D eigenvalue weighted by Crippen LogP contribution is 2.24. The summed E-state index contributed by atoms with van der Waals surface area (Å²) in [5.74, 6) is -0.147. The first-order valence-corrected chi connectivity index (χ1v) is 8.13. The van der Waals surface area contributed by atoms with Crippen LogP contribution in [0.15, 0.2) is 24.3 Å². The first kappa shape index (κ1) is 14.9. The summed E-state index contributed by atoms with van der Waals surface area (Å²) in [4.78, 5) is 2.42. The number of hydrogen-bond donors (Lipinski definition) is 1. The van der Waals surface area contributed by atoms with Gasteiger partial charge in [0, 0.05) is 31.7 Å². The number of rotatable bonds is 5. The van der Waals surface area contributed by atoms with E-state index in [4.69, 9.17) is 4.74 Å². The topological polar surface area (TPSA) is 24.5 Å². The Balaban J connectivity index is 1.69. The van der Waals surface area contributed by atoms with Gasteiger partial charge < -0.3 is 10.1 Å². The smallest absolute Gasteiger partial charge is 0.123 e. The number of hydrogen-bond acceptors (Lipinski definition) is 3. The Labute approximate surface area is 126 Å². The molecule has 1 aliphatic heterocycles. The molecule has 2 fully saturated rings. The summed E-state index contributed by atoms with van der Waals surface area (Å²) in [6.07, 6.45) is 5.22. The van der Waals surface area contributed by atoms with Gasteiger partial charge in [-0.25, -0.2) is 4.39 Å². The van der Waals surface area contributed by atoms with E-state index in [1.807, 2.05) is 12.1 Å². The van der Waals surface area contributed by atoms with Gasteiger partial charge in [0.2, 0.25) is 0 Å². The zero-order chi connectivity index (χ0) is 14.5. The Morgan fingerprint density at radius 1 is 1.24 bits per heavy atom. The number of morpholine rings is 1. The van der Waals surface area contributed by atoms with Gasteiger partial charge in [-0.3, -0.25) is 4.90 Å². The van der Waals surface area contributed by atoms with Crippen LogP contribution in [0.25, 0.3) is 0 Å². The van der Waals surface area contributed by atoms with Gasteiger partial charge in [-0.05, 0) is 30.5 Å². The van der Waals surface area contributed by atoms with Crippen molar-refractivity contribution in [2.45, 2.75) is 37.8 Å². The van der Waals surface area contributed by atoms with Crippen molar-refractivity contribution in [1.29, 1.82) is 0 Å². The molecule has 1 aromatic carbocycles. The van der Waals surface area contributed by atoms with E-state index in [0.717, 1.165) is 38.4 Å². The maximum atomic E-state index is 13.6. The predicted octanol–water partition coefficient (Wildman–Crippen LogP) is 2.73. The lowest BCUT2D eigenvalue weighted by Crippen LogP contribution is -2.44. The molecule has 0 radical (unpaired) electrons. The van der Waals surface area contributed by atoms with E-state index < -0.39 is 0 Å². The van der Waals surface area contributed by atoms with Crippen molar-refractivity contribution in [1.82, 2.24) is 10.2 Å². The van der Waals surface area contributed by atoms with Crippen LogP contribution in [0.5, 0.6) is 0 Å². The van der Waals surface area contributed by atoms with Crippen LogP contribution in [-0.2, 0) is 4.74 Å². The first-order valence-electron chi connectivity index (χ1n) is 8.13. The molecule has 0 bridgehead atoms. The van der Waals surface area contributed by atoms with Crippen molar-refractivity contribution < 1.29 is 9.13 Å². The molecule has 0 spiro atoms. The molecular weight excluding hydrogens is 267 g/mol. The minimum atomic E-state index is -0.147. The summed E-state index contributed by atoms with van der Waals surface area (Å²) in [7, 11) is 0. The first-order chi connectivity index (χ1) is 10.3. The van der Waals surface area contributed by atoms with Crippen molar-refractivity contribution in [3.8, 4) is 0 Å². The van der Waals surface area contributed by atoms with E-state index >= 15 is 0 Å². The molecule has 116 valence electrons. The van der Waals surface area contributed by atoms with Crippen molar-refractivity contribution >= 4 is 0 Å². The molecule has 1 saturated carbocycles. The highest BCUT2D eigenvalue weighted by Gasteiger charge is 2.24. The molecule has 2 aliphatic rings. The normalized spacial score (nSPS) is 22.5. The van der Waals surface area contributed by atoms with Gasteiger partial charge in [0.25, 0.3) is 0 Å². The van der Waals surface area contributed by atoms with Crippen LogP contribution < -0.4 is 5.32 Å². The van der Waals surface area contributed by atoms with E-state index in [2.05, 4.69) is 10.2 Å². The maximum absolute atomic E-state index is 13.6. The van der Waals surface area contributed by atoms with Gasteiger partial charge in [0.15, 0.2) is 0 Å². The van der Waals surface area contributed by atoms with Crippen molar-refractivity contribution in [2.24, 2.45) is 0 Å². The monoisotopic (exact) mass is 292 g/mol. The minimum Gasteiger partial charge on any atom is -0.379 e. The lowest BCUT2D eigenvalue weighted by molar-refractivity contribution is 0.0156. The Morgan fingerprint density at radius 2 is 2.00 bits per heavy atom. The summed E-state index contributed by atoms with van der Waals surface area (Å²) in [5, 5.41) is 3.69. The molecule has 0 amide bonds. The van der Waals surface area contributed by atoms with Crippen LogP contribution in [-0.4, -0.2) is 43.8 Å². The molecule has 1 unspecified atom stereocenters. The molecule has 1 saturated heterocycles. The fourth-order valence-corrected chi connectivity index (χ4v) is 3.47. The van der Waals surface area contributed by atoms with Crippen LogP contribution in [0.3, 0.4) is 0 Å². The molecule has 4 heteroatoms. The van der Waals surface area contributed by atoms with E-state index in [-0.39, 0.29) is 11.9 Å². The number of benzene rings is 1. The summed E-state index contributed by atoms with van der Waals surface area (Å²) in [5.41, 5.74) is 1.07. The molecule has 1 heterocycles. The standard InChI is InChI=1S/C17H25FN2O/c18-15-5-3-4-14(12-15)17(20-8-10-21-11-9-20)13-19-16-6-1-2-7-16/h3-5,12,16-17,19H,1-2,6-11,13H2. The molecule has 1 aromatic rings. The van der Waals surface area contributed by atoms with Gasteiger partial charge in [-0.15, -0.1) is 0 Å². The summed E-state index contributed by atoms with van der Waals surface area (Å²) in [6, 6.07) is 7.93. The second-order valence-electron chi connectivity index (χ2n) is 6.11. The van der Waals surface area contributed by atoms with Crippen molar-refractivity contribution in [2.75, 3.05) is 32.8 Å². The van der Waals surface area contributed by atoms with Crippen LogP contribution >= 0.6 is 0 Å². The molecule has 1 atom stereocenters. The van der Waals surface area contributed by atoms with E-state index in [1.165, 1.54) is 31.7 Å². The van der Waals surface area contributed by atoms with E-state index in [9.17, 15) is 4.39 Å². The maximum Gasteiger partial charge on any atom is 0.123 e. The molecule has 3 rings (SSSR count). The molecule has 0 aromatic heterocycles. The highest BCUT2D eigenvalue weighted by atomic mass is 19.1. The zero-order valence-electron chi connectivity index (χ0n) is 12.6. The lowest BCUT2D eigenvalue weighted by atomic mass is 10.0. The number of nitrogens with one attached hydrogen (secondary N) is 1. The SMILES string of the molecule is Fc1cccc(C(CNC2CCCC2)N2CCOCC2)c1. The average Bonchev–Trinajstić information content (AvgIpc) is 3.02. The van der Waals surface area contributed by atoms with Gasteiger partial charge in [0.1, 0.15) is 5.82 Å². The fourth-order valence-electron chi connectivity index (χ4n) is 3.47. The third-order valence-corrected chi connectivity index (χ3v) is 4.67. The van der Waals surface area contributed by atoms with Crippen molar-refractivity contribution in [3.63, 3.8) is 0 Å². The Morgan fingerprint density at radius 3 is 2.71 bits per heavy atom. The summed E-state index contributed by atoms with van der Waals surface area (Å²) in [6.45, 7) is 4.29. The molecule has 3 nitrogen and oxygen atoms in total. The average molecular weight is 292 g/mol. The summed E-state index contributed by atoms with van der Waals surface area (Å²) < 4.78 is 19.0. The second kappa shape index (κ2) is 7.34. The Bertz CT molecular complexity index is 442. The Hall–Kier alpha value is -0.970. The van der Waals surface area contributed by atoms with Crippen molar-refractivity contribution in [3.05, 3.63) is 35.6 Å². The number of ether oxygens (including phenoxy) is 1.